The van der Waals surface area contributed by atoms with Crippen LogP contribution in [0.1, 0.15) is 12.5 Å². The van der Waals surface area contributed by atoms with E-state index in [1.807, 2.05) is 24.3 Å². The molecule has 0 aliphatic carbocycles. The third kappa shape index (κ3) is 2.51. The molecule has 1 aliphatic heterocycles. The summed E-state index contributed by atoms with van der Waals surface area (Å²) < 4.78 is 9.99. The molecule has 1 aromatic rings. The van der Waals surface area contributed by atoms with Crippen molar-refractivity contribution < 1.29 is 14.6 Å². The van der Waals surface area contributed by atoms with Crippen molar-refractivity contribution in [3.63, 3.8) is 0 Å². The summed E-state index contributed by atoms with van der Waals surface area (Å²) in [5.74, 6) is 0.271. The molecule has 0 spiro atoms. The van der Waals surface area contributed by atoms with Gasteiger partial charge < -0.3 is 9.47 Å². The van der Waals surface area contributed by atoms with Gasteiger partial charge in [0.05, 0.1) is 19.4 Å². The Labute approximate surface area is 105 Å². The number of rotatable bonds is 4. The Morgan fingerprint density at radius 2 is 2.17 bits per heavy atom. The van der Waals surface area contributed by atoms with Crippen molar-refractivity contribution in [1.29, 1.82) is 0 Å². The standard InChI is InChI=1S/C13H13N2O3/c1-3-18-13(16)12-8-11(14-15-12)9-5-4-6-10(7-9)17-2/h4-8H,3H2,1-2H3. The second kappa shape index (κ2) is 5.35. The van der Waals surface area contributed by atoms with Gasteiger partial charge in [-0.1, -0.05) is 12.1 Å². The molecule has 0 fully saturated rings. The van der Waals surface area contributed by atoms with Crippen LogP contribution in [0.3, 0.4) is 0 Å². The van der Waals surface area contributed by atoms with Crippen molar-refractivity contribution >= 4 is 5.70 Å². The first-order chi connectivity index (χ1) is 8.74. The normalized spacial score (nSPS) is 16.4. The highest BCUT2D eigenvalue weighted by Gasteiger charge is 2.15. The van der Waals surface area contributed by atoms with Crippen LogP contribution in [-0.2, 0) is 9.84 Å². The molecule has 2 rings (SSSR count). The highest BCUT2D eigenvalue weighted by atomic mass is 16.6. The SMILES string of the molecule is CCOC([O])=C1C=C(c2cccc(OC)c2)N=N1. The number of allylic oxidation sites excluding steroid dienone is 1. The smallest absolute Gasteiger partial charge is 0.358 e. The van der Waals surface area contributed by atoms with Crippen LogP contribution in [0.15, 0.2) is 52.2 Å². The van der Waals surface area contributed by atoms with Gasteiger partial charge in [-0.2, -0.15) is 0 Å². The minimum atomic E-state index is -0.459. The Morgan fingerprint density at radius 1 is 1.33 bits per heavy atom. The van der Waals surface area contributed by atoms with Crippen LogP contribution in [-0.4, -0.2) is 13.7 Å². The van der Waals surface area contributed by atoms with Crippen LogP contribution in [0, 0.1) is 0 Å². The van der Waals surface area contributed by atoms with E-state index in [9.17, 15) is 5.11 Å². The zero-order valence-electron chi connectivity index (χ0n) is 10.2. The van der Waals surface area contributed by atoms with E-state index in [1.165, 1.54) is 0 Å². The van der Waals surface area contributed by atoms with Crippen LogP contribution in [0.2, 0.25) is 0 Å². The summed E-state index contributed by atoms with van der Waals surface area (Å²) in [6, 6.07) is 7.40. The molecular formula is C13H13N2O3. The molecular weight excluding hydrogens is 232 g/mol. The average molecular weight is 245 g/mol. The van der Waals surface area contributed by atoms with E-state index >= 15 is 0 Å². The Hall–Kier alpha value is -2.30. The molecule has 93 valence electrons. The second-order valence-corrected chi connectivity index (χ2v) is 3.57. The largest absolute Gasteiger partial charge is 0.497 e. The number of ether oxygens (including phenoxy) is 2. The van der Waals surface area contributed by atoms with Gasteiger partial charge in [-0.25, -0.2) is 5.11 Å². The predicted octanol–water partition coefficient (Wildman–Crippen LogP) is 3.14. The summed E-state index contributed by atoms with van der Waals surface area (Å²) in [5, 5.41) is 19.2. The highest BCUT2D eigenvalue weighted by Crippen LogP contribution is 2.28. The maximum Gasteiger partial charge on any atom is 0.358 e. The summed E-state index contributed by atoms with van der Waals surface area (Å²) in [6.07, 6.45) is 1.60. The zero-order chi connectivity index (χ0) is 13.0. The molecule has 0 bridgehead atoms. The van der Waals surface area contributed by atoms with Crippen LogP contribution in [0.25, 0.3) is 5.70 Å². The van der Waals surface area contributed by atoms with Crippen molar-refractivity contribution in [1.82, 2.24) is 0 Å². The molecule has 0 aromatic heterocycles. The third-order valence-electron chi connectivity index (χ3n) is 2.39. The lowest BCUT2D eigenvalue weighted by atomic mass is 10.1. The van der Waals surface area contributed by atoms with Gasteiger partial charge in [0.2, 0.25) is 0 Å². The van der Waals surface area contributed by atoms with Crippen LogP contribution >= 0.6 is 0 Å². The van der Waals surface area contributed by atoms with Crippen molar-refractivity contribution in [3.05, 3.63) is 47.5 Å². The monoisotopic (exact) mass is 245 g/mol. The number of hydrogen-bond donors (Lipinski definition) is 0. The van der Waals surface area contributed by atoms with E-state index in [0.717, 1.165) is 11.3 Å². The van der Waals surface area contributed by atoms with Gasteiger partial charge in [0, 0.05) is 11.6 Å². The maximum absolute atomic E-state index is 11.5. The topological polar surface area (TPSA) is 63.1 Å². The molecule has 0 saturated heterocycles. The van der Waals surface area contributed by atoms with Crippen molar-refractivity contribution in [2.45, 2.75) is 6.92 Å². The molecule has 0 atom stereocenters. The zero-order valence-corrected chi connectivity index (χ0v) is 10.2. The molecule has 0 amide bonds. The van der Waals surface area contributed by atoms with Gasteiger partial charge in [-0.05, 0) is 19.1 Å². The highest BCUT2D eigenvalue weighted by molar-refractivity contribution is 5.69. The summed E-state index contributed by atoms with van der Waals surface area (Å²) in [7, 11) is 1.60. The number of benzene rings is 1. The lowest BCUT2D eigenvalue weighted by Gasteiger charge is -2.01. The Morgan fingerprint density at radius 3 is 2.89 bits per heavy atom. The third-order valence-corrected chi connectivity index (χ3v) is 2.39. The molecule has 1 heterocycles. The lowest BCUT2D eigenvalue weighted by Crippen LogP contribution is -1.90. The Bertz CT molecular complexity index is 533. The van der Waals surface area contributed by atoms with E-state index in [2.05, 4.69) is 10.2 Å². The van der Waals surface area contributed by atoms with Crippen molar-refractivity contribution in [2.75, 3.05) is 13.7 Å². The van der Waals surface area contributed by atoms with E-state index in [-0.39, 0.29) is 5.70 Å². The van der Waals surface area contributed by atoms with Gasteiger partial charge in [0.15, 0.2) is 5.70 Å². The Kier molecular flexibility index (Phi) is 3.62. The van der Waals surface area contributed by atoms with Gasteiger partial charge in [0.1, 0.15) is 5.75 Å². The first-order valence-electron chi connectivity index (χ1n) is 5.56. The first kappa shape index (κ1) is 12.2. The Balaban J connectivity index is 2.28. The van der Waals surface area contributed by atoms with E-state index in [4.69, 9.17) is 9.47 Å². The second-order valence-electron chi connectivity index (χ2n) is 3.57. The molecule has 18 heavy (non-hydrogen) atoms. The summed E-state index contributed by atoms with van der Waals surface area (Å²) in [6.45, 7) is 2.07. The average Bonchev–Trinajstić information content (AvgIpc) is 2.89. The van der Waals surface area contributed by atoms with Gasteiger partial charge >= 0.3 is 5.95 Å². The van der Waals surface area contributed by atoms with Crippen LogP contribution in [0.5, 0.6) is 5.75 Å². The number of methoxy groups -OCH3 is 1. The van der Waals surface area contributed by atoms with E-state index < -0.39 is 5.95 Å². The molecule has 0 unspecified atom stereocenters. The van der Waals surface area contributed by atoms with Gasteiger partial charge in [0.25, 0.3) is 0 Å². The molecule has 0 saturated carbocycles. The molecule has 1 radical (unpaired) electrons. The fourth-order valence-electron chi connectivity index (χ4n) is 1.52. The fourth-order valence-corrected chi connectivity index (χ4v) is 1.52. The predicted molar refractivity (Wildman–Crippen MR) is 65.2 cm³/mol. The molecule has 1 aliphatic rings. The number of azo groups is 1. The quantitative estimate of drug-likeness (QED) is 0.765. The number of nitrogens with zero attached hydrogens (tertiary/aromatic N) is 2. The van der Waals surface area contributed by atoms with Crippen molar-refractivity contribution in [2.24, 2.45) is 10.2 Å². The minimum Gasteiger partial charge on any atom is -0.497 e. The summed E-state index contributed by atoms with van der Waals surface area (Å²) >= 11 is 0. The molecule has 5 nitrogen and oxygen atoms in total. The maximum atomic E-state index is 11.5. The van der Waals surface area contributed by atoms with Gasteiger partial charge in [-0.3, -0.25) is 0 Å². The van der Waals surface area contributed by atoms with Crippen LogP contribution < -0.4 is 4.74 Å². The van der Waals surface area contributed by atoms with Crippen LogP contribution in [0.4, 0.5) is 0 Å². The lowest BCUT2D eigenvalue weighted by molar-refractivity contribution is 0.0565. The fraction of sp³-hybridized carbons (Fsp3) is 0.231. The molecule has 1 aromatic carbocycles. The van der Waals surface area contributed by atoms with E-state index in [0.29, 0.717) is 12.3 Å². The molecule has 5 heteroatoms. The summed E-state index contributed by atoms with van der Waals surface area (Å²) in [4.78, 5) is 0. The molecule has 0 N–H and O–H groups in total. The number of hydrogen-bond acceptors (Lipinski definition) is 4. The van der Waals surface area contributed by atoms with Gasteiger partial charge in [-0.15, -0.1) is 10.2 Å². The van der Waals surface area contributed by atoms with E-state index in [1.54, 1.807) is 20.1 Å². The first-order valence-corrected chi connectivity index (χ1v) is 5.56. The summed E-state index contributed by atoms with van der Waals surface area (Å²) in [5.41, 5.74) is 1.68. The minimum absolute atomic E-state index is 0.217. The van der Waals surface area contributed by atoms with Crippen molar-refractivity contribution in [3.8, 4) is 5.75 Å².